The molecule has 0 spiro atoms. The average molecular weight is 409 g/mol. The molecule has 0 radical (unpaired) electrons. The molecule has 2 aromatic rings. The molecule has 3 rings (SSSR count). The Balaban J connectivity index is 1.78. The largest absolute Gasteiger partial charge is 0.335 e. The predicted molar refractivity (Wildman–Crippen MR) is 109 cm³/mol. The summed E-state index contributed by atoms with van der Waals surface area (Å²) >= 11 is 2.69. The first kappa shape index (κ1) is 19.9. The standard InChI is InChI=1S/C18H24N4O3S2/c1-4-5-8-22-16(24)14-10(2)11(3)27-15(14)21-18(22)26-9-13(23)20-17(25)19-12-6-7-12/h12H,4-9H2,1-3H3,(H2,19,20,23,25). The molecular weight excluding hydrogens is 384 g/mol. The van der Waals surface area contributed by atoms with Crippen LogP contribution in [0.25, 0.3) is 10.2 Å². The molecule has 27 heavy (non-hydrogen) atoms. The van der Waals surface area contributed by atoms with Crippen LogP contribution in [0, 0.1) is 13.8 Å². The van der Waals surface area contributed by atoms with Gasteiger partial charge in [0.2, 0.25) is 5.91 Å². The van der Waals surface area contributed by atoms with Crippen molar-refractivity contribution in [2.24, 2.45) is 0 Å². The third kappa shape index (κ3) is 4.70. The lowest BCUT2D eigenvalue weighted by Gasteiger charge is -2.12. The van der Waals surface area contributed by atoms with Gasteiger partial charge in [-0.25, -0.2) is 9.78 Å². The zero-order chi connectivity index (χ0) is 19.6. The maximum absolute atomic E-state index is 13.0. The zero-order valence-electron chi connectivity index (χ0n) is 15.8. The molecule has 1 fully saturated rings. The summed E-state index contributed by atoms with van der Waals surface area (Å²) in [5.41, 5.74) is 0.925. The Morgan fingerprint density at radius 1 is 1.33 bits per heavy atom. The minimum absolute atomic E-state index is 0.0332. The number of nitrogens with zero attached hydrogens (tertiary/aromatic N) is 2. The number of aryl methyl sites for hydroxylation is 2. The van der Waals surface area contributed by atoms with Crippen molar-refractivity contribution in [2.45, 2.75) is 64.2 Å². The molecule has 7 nitrogen and oxygen atoms in total. The number of thioether (sulfide) groups is 1. The smallest absolute Gasteiger partial charge is 0.321 e. The van der Waals surface area contributed by atoms with Gasteiger partial charge in [-0.15, -0.1) is 11.3 Å². The molecule has 0 aliphatic heterocycles. The Bertz CT molecular complexity index is 931. The number of hydrogen-bond acceptors (Lipinski definition) is 6. The fraction of sp³-hybridized carbons (Fsp3) is 0.556. The van der Waals surface area contributed by atoms with E-state index in [4.69, 9.17) is 0 Å². The number of hydrogen-bond donors (Lipinski definition) is 2. The SMILES string of the molecule is CCCCn1c(SCC(=O)NC(=O)NC2CC2)nc2sc(C)c(C)c2c1=O. The van der Waals surface area contributed by atoms with Crippen LogP contribution in [0.15, 0.2) is 9.95 Å². The number of amides is 3. The van der Waals surface area contributed by atoms with Crippen molar-refractivity contribution >= 4 is 45.3 Å². The minimum atomic E-state index is -0.459. The number of nitrogens with one attached hydrogen (secondary N) is 2. The van der Waals surface area contributed by atoms with Crippen LogP contribution in [-0.2, 0) is 11.3 Å². The van der Waals surface area contributed by atoms with Gasteiger partial charge in [-0.2, -0.15) is 0 Å². The normalized spacial score (nSPS) is 13.7. The third-order valence-electron chi connectivity index (χ3n) is 4.49. The van der Waals surface area contributed by atoms with Gasteiger partial charge in [-0.1, -0.05) is 25.1 Å². The second-order valence-electron chi connectivity index (χ2n) is 6.75. The van der Waals surface area contributed by atoms with Crippen molar-refractivity contribution in [1.82, 2.24) is 20.2 Å². The molecule has 1 aliphatic carbocycles. The van der Waals surface area contributed by atoms with Gasteiger partial charge in [0.05, 0.1) is 11.1 Å². The van der Waals surface area contributed by atoms with E-state index in [1.54, 1.807) is 4.57 Å². The van der Waals surface area contributed by atoms with Crippen molar-refractivity contribution in [3.8, 4) is 0 Å². The fourth-order valence-electron chi connectivity index (χ4n) is 2.67. The molecule has 1 aliphatic rings. The van der Waals surface area contributed by atoms with Crippen LogP contribution >= 0.6 is 23.1 Å². The molecular formula is C18H24N4O3S2. The number of aromatic nitrogens is 2. The Morgan fingerprint density at radius 3 is 2.74 bits per heavy atom. The highest BCUT2D eigenvalue weighted by molar-refractivity contribution is 7.99. The quantitative estimate of drug-likeness (QED) is 0.543. The summed E-state index contributed by atoms with van der Waals surface area (Å²) < 4.78 is 1.66. The Hall–Kier alpha value is -1.87. The minimum Gasteiger partial charge on any atom is -0.335 e. The maximum Gasteiger partial charge on any atom is 0.321 e. The van der Waals surface area contributed by atoms with Crippen molar-refractivity contribution in [3.05, 3.63) is 20.8 Å². The molecule has 0 unspecified atom stereocenters. The number of carbonyl (C=O) groups is 2. The number of thiophene rings is 1. The van der Waals surface area contributed by atoms with Crippen LogP contribution in [0.4, 0.5) is 4.79 Å². The van der Waals surface area contributed by atoms with Crippen LogP contribution < -0.4 is 16.2 Å². The summed E-state index contributed by atoms with van der Waals surface area (Å²) in [5.74, 6) is -0.362. The lowest BCUT2D eigenvalue weighted by atomic mass is 10.2. The van der Waals surface area contributed by atoms with Crippen LogP contribution in [-0.4, -0.2) is 33.3 Å². The van der Waals surface area contributed by atoms with Crippen molar-refractivity contribution < 1.29 is 9.59 Å². The van der Waals surface area contributed by atoms with E-state index in [1.807, 2.05) is 13.8 Å². The summed E-state index contributed by atoms with van der Waals surface area (Å²) in [6.45, 7) is 6.56. The zero-order valence-corrected chi connectivity index (χ0v) is 17.4. The van der Waals surface area contributed by atoms with Crippen molar-refractivity contribution in [1.29, 1.82) is 0 Å². The lowest BCUT2D eigenvalue weighted by molar-refractivity contribution is -0.117. The molecule has 9 heteroatoms. The summed E-state index contributed by atoms with van der Waals surface area (Å²) in [4.78, 5) is 43.1. The van der Waals surface area contributed by atoms with Gasteiger partial charge in [-0.3, -0.25) is 19.5 Å². The topological polar surface area (TPSA) is 93.1 Å². The Kier molecular flexibility index (Phi) is 6.21. The second-order valence-corrected chi connectivity index (χ2v) is 8.90. The number of fused-ring (bicyclic) bond motifs is 1. The van der Waals surface area contributed by atoms with Gasteiger partial charge in [0.25, 0.3) is 5.56 Å². The summed E-state index contributed by atoms with van der Waals surface area (Å²) in [6, 6.07) is -0.265. The highest BCUT2D eigenvalue weighted by atomic mass is 32.2. The molecule has 2 aromatic heterocycles. The molecule has 0 bridgehead atoms. The summed E-state index contributed by atoms with van der Waals surface area (Å²) in [6.07, 6.45) is 3.74. The predicted octanol–water partition coefficient (Wildman–Crippen LogP) is 2.96. The molecule has 0 atom stereocenters. The first-order chi connectivity index (χ1) is 12.9. The lowest BCUT2D eigenvalue weighted by Crippen LogP contribution is -2.41. The number of urea groups is 1. The third-order valence-corrected chi connectivity index (χ3v) is 6.56. The van der Waals surface area contributed by atoms with E-state index in [0.29, 0.717) is 21.9 Å². The number of rotatable bonds is 7. The van der Waals surface area contributed by atoms with Gasteiger partial charge >= 0.3 is 6.03 Å². The average Bonchev–Trinajstić information content (AvgIpc) is 3.37. The van der Waals surface area contributed by atoms with Gasteiger partial charge in [0, 0.05) is 17.5 Å². The number of unbranched alkanes of at least 4 members (excludes halogenated alkanes) is 1. The fourth-order valence-corrected chi connectivity index (χ4v) is 4.57. The first-order valence-corrected chi connectivity index (χ1v) is 10.9. The molecule has 0 aromatic carbocycles. The van der Waals surface area contributed by atoms with Crippen LogP contribution in [0.2, 0.25) is 0 Å². The summed E-state index contributed by atoms with van der Waals surface area (Å²) in [5, 5.41) is 6.24. The molecule has 3 amide bonds. The van der Waals surface area contributed by atoms with E-state index in [0.717, 1.165) is 36.1 Å². The summed E-state index contributed by atoms with van der Waals surface area (Å²) in [7, 11) is 0. The molecule has 1 saturated carbocycles. The Morgan fingerprint density at radius 2 is 2.07 bits per heavy atom. The van der Waals surface area contributed by atoms with Crippen LogP contribution in [0.1, 0.15) is 43.0 Å². The maximum atomic E-state index is 13.0. The molecule has 2 N–H and O–H groups in total. The first-order valence-electron chi connectivity index (χ1n) is 9.14. The van der Waals surface area contributed by atoms with Crippen molar-refractivity contribution in [2.75, 3.05) is 5.75 Å². The van der Waals surface area contributed by atoms with E-state index in [9.17, 15) is 14.4 Å². The highest BCUT2D eigenvalue weighted by Crippen LogP contribution is 2.28. The van der Waals surface area contributed by atoms with E-state index >= 15 is 0 Å². The number of imide groups is 1. The number of carbonyl (C=O) groups excluding carboxylic acids is 2. The van der Waals surface area contributed by atoms with E-state index in [1.165, 1.54) is 23.1 Å². The van der Waals surface area contributed by atoms with Gasteiger partial charge in [0.1, 0.15) is 4.83 Å². The second kappa shape index (κ2) is 8.43. The van der Waals surface area contributed by atoms with Crippen molar-refractivity contribution in [3.63, 3.8) is 0 Å². The molecule has 146 valence electrons. The Labute approximate surface area is 165 Å². The monoisotopic (exact) mass is 408 g/mol. The van der Waals surface area contributed by atoms with Crippen LogP contribution in [0.5, 0.6) is 0 Å². The van der Waals surface area contributed by atoms with E-state index in [2.05, 4.69) is 22.5 Å². The highest BCUT2D eigenvalue weighted by Gasteiger charge is 2.24. The molecule has 0 saturated heterocycles. The van der Waals surface area contributed by atoms with Gasteiger partial charge in [0.15, 0.2) is 5.16 Å². The van der Waals surface area contributed by atoms with E-state index < -0.39 is 11.9 Å². The molecule has 2 heterocycles. The van der Waals surface area contributed by atoms with Gasteiger partial charge < -0.3 is 5.32 Å². The van der Waals surface area contributed by atoms with Crippen LogP contribution in [0.3, 0.4) is 0 Å². The van der Waals surface area contributed by atoms with Gasteiger partial charge in [-0.05, 0) is 38.7 Å². The van der Waals surface area contributed by atoms with E-state index in [-0.39, 0.29) is 17.4 Å².